The number of nitrogens with zero attached hydrogens (tertiary/aromatic N) is 2. The van der Waals surface area contributed by atoms with E-state index in [9.17, 15) is 21.6 Å². The van der Waals surface area contributed by atoms with Crippen molar-refractivity contribution in [2.24, 2.45) is 0 Å². The van der Waals surface area contributed by atoms with E-state index in [-0.39, 0.29) is 21.0 Å². The Morgan fingerprint density at radius 3 is 2.19 bits per heavy atom. The molecule has 0 bridgehead atoms. The molecule has 1 heterocycles. The molecule has 1 amide bonds. The van der Waals surface area contributed by atoms with Gasteiger partial charge in [-0.25, -0.2) is 16.8 Å². The van der Waals surface area contributed by atoms with Gasteiger partial charge in [0.25, 0.3) is 15.9 Å². The number of benzene rings is 2. The largest absolute Gasteiger partial charge is 0.321 e. The zero-order chi connectivity index (χ0) is 22.6. The lowest BCUT2D eigenvalue weighted by molar-refractivity contribution is -0.0258. The Balaban J connectivity index is 1.83. The Labute approximate surface area is 182 Å². The molecule has 1 aliphatic heterocycles. The average molecular weight is 468 g/mol. The molecule has 168 valence electrons. The predicted octanol–water partition coefficient (Wildman–Crippen LogP) is 2.30. The van der Waals surface area contributed by atoms with Crippen LogP contribution in [0.5, 0.6) is 0 Å². The Kier molecular flexibility index (Phi) is 7.12. The number of rotatable bonds is 7. The van der Waals surface area contributed by atoms with E-state index in [4.69, 9.17) is 4.84 Å². The molecule has 0 saturated carbocycles. The highest BCUT2D eigenvalue weighted by molar-refractivity contribution is 7.89. The summed E-state index contributed by atoms with van der Waals surface area (Å²) in [5, 5.41) is 2.63. The maximum atomic E-state index is 13.1. The van der Waals surface area contributed by atoms with Gasteiger partial charge in [0.15, 0.2) is 0 Å². The fourth-order valence-electron chi connectivity index (χ4n) is 3.26. The monoisotopic (exact) mass is 467 g/mol. The van der Waals surface area contributed by atoms with Gasteiger partial charge in [-0.05, 0) is 49.2 Å². The Morgan fingerprint density at radius 2 is 1.58 bits per heavy atom. The minimum Gasteiger partial charge on any atom is -0.321 e. The quantitative estimate of drug-likeness (QED) is 0.625. The van der Waals surface area contributed by atoms with Gasteiger partial charge in [0.05, 0.1) is 17.7 Å². The molecule has 9 nitrogen and oxygen atoms in total. The van der Waals surface area contributed by atoms with Crippen molar-refractivity contribution < 1.29 is 26.5 Å². The molecule has 0 atom stereocenters. The fraction of sp³-hybridized carbons (Fsp3) is 0.350. The first-order valence-electron chi connectivity index (χ1n) is 9.71. The summed E-state index contributed by atoms with van der Waals surface area (Å²) in [7, 11) is -5.08. The molecule has 1 aliphatic rings. The molecule has 0 aromatic heterocycles. The van der Waals surface area contributed by atoms with Gasteiger partial charge in [0.2, 0.25) is 10.0 Å². The smallest absolute Gasteiger partial charge is 0.264 e. The SMILES string of the molecule is CON(C)S(=O)(=O)c1ccc(C(=O)Nc2ccccc2S(=O)(=O)N2CCCCC2)cc1. The van der Waals surface area contributed by atoms with Gasteiger partial charge in [0.1, 0.15) is 4.90 Å². The molecule has 11 heteroatoms. The summed E-state index contributed by atoms with van der Waals surface area (Å²) < 4.78 is 52.8. The zero-order valence-electron chi connectivity index (χ0n) is 17.3. The number of carbonyl (C=O) groups excluding carboxylic acids is 1. The molecule has 0 radical (unpaired) electrons. The summed E-state index contributed by atoms with van der Waals surface area (Å²) in [5.74, 6) is -0.551. The zero-order valence-corrected chi connectivity index (χ0v) is 18.9. The minimum absolute atomic E-state index is 0.0335. The second-order valence-corrected chi connectivity index (χ2v) is 10.9. The second kappa shape index (κ2) is 9.45. The molecule has 0 unspecified atom stereocenters. The van der Waals surface area contributed by atoms with E-state index in [1.54, 1.807) is 12.1 Å². The van der Waals surface area contributed by atoms with Crippen molar-refractivity contribution in [3.63, 3.8) is 0 Å². The maximum absolute atomic E-state index is 13.1. The van der Waals surface area contributed by atoms with Crippen LogP contribution in [0, 0.1) is 0 Å². The lowest BCUT2D eigenvalue weighted by Crippen LogP contribution is -2.36. The molecular formula is C20H25N3O6S2. The highest BCUT2D eigenvalue weighted by atomic mass is 32.2. The van der Waals surface area contributed by atoms with Crippen LogP contribution in [-0.2, 0) is 24.9 Å². The number of para-hydroxylation sites is 1. The van der Waals surface area contributed by atoms with Crippen LogP contribution in [0.15, 0.2) is 58.3 Å². The van der Waals surface area contributed by atoms with Gasteiger partial charge in [-0.1, -0.05) is 23.0 Å². The van der Waals surface area contributed by atoms with Crippen LogP contribution in [0.1, 0.15) is 29.6 Å². The first-order valence-corrected chi connectivity index (χ1v) is 12.6. The van der Waals surface area contributed by atoms with E-state index in [2.05, 4.69) is 5.32 Å². The molecule has 1 saturated heterocycles. The molecular weight excluding hydrogens is 442 g/mol. The highest BCUT2D eigenvalue weighted by Gasteiger charge is 2.28. The van der Waals surface area contributed by atoms with E-state index in [1.807, 2.05) is 0 Å². The molecule has 0 spiro atoms. The topological polar surface area (TPSA) is 113 Å². The number of hydrogen-bond acceptors (Lipinski definition) is 6. The number of anilines is 1. The van der Waals surface area contributed by atoms with E-state index in [0.717, 1.165) is 19.3 Å². The molecule has 3 rings (SSSR count). The summed E-state index contributed by atoms with van der Waals surface area (Å²) in [6.07, 6.45) is 2.61. The van der Waals surface area contributed by atoms with Crippen molar-refractivity contribution >= 4 is 31.6 Å². The normalized spacial score (nSPS) is 15.7. The minimum atomic E-state index is -3.83. The van der Waals surface area contributed by atoms with Crippen molar-refractivity contribution in [2.45, 2.75) is 29.1 Å². The summed E-state index contributed by atoms with van der Waals surface area (Å²) in [6, 6.07) is 11.5. The van der Waals surface area contributed by atoms with E-state index in [1.165, 1.54) is 54.9 Å². The van der Waals surface area contributed by atoms with Crippen LogP contribution < -0.4 is 5.32 Å². The first-order chi connectivity index (χ1) is 14.7. The standard InChI is InChI=1S/C20H25N3O6S2/c1-22(29-2)30(25,26)17-12-10-16(11-13-17)20(24)21-18-8-4-5-9-19(18)31(27,28)23-14-6-3-7-15-23/h4-5,8-13H,3,6-7,14-15H2,1-2H3,(H,21,24). The summed E-state index contributed by atoms with van der Waals surface area (Å²) in [4.78, 5) is 17.4. The first kappa shape index (κ1) is 23.4. The summed E-state index contributed by atoms with van der Waals surface area (Å²) in [6.45, 7) is 0.910. The fourth-order valence-corrected chi connectivity index (χ4v) is 5.90. The van der Waals surface area contributed by atoms with E-state index in [0.29, 0.717) is 17.6 Å². The predicted molar refractivity (Wildman–Crippen MR) is 115 cm³/mol. The number of piperidine rings is 1. The lowest BCUT2D eigenvalue weighted by Gasteiger charge is -2.26. The molecule has 0 aliphatic carbocycles. The van der Waals surface area contributed by atoms with Gasteiger partial charge in [-0.3, -0.25) is 9.63 Å². The van der Waals surface area contributed by atoms with Gasteiger partial charge >= 0.3 is 0 Å². The van der Waals surface area contributed by atoms with Crippen molar-refractivity contribution in [1.82, 2.24) is 8.77 Å². The second-order valence-electron chi connectivity index (χ2n) is 7.04. The molecule has 31 heavy (non-hydrogen) atoms. The molecule has 1 N–H and O–H groups in total. The molecule has 2 aromatic carbocycles. The molecule has 2 aromatic rings. The Bertz CT molecular complexity index is 1140. The third-order valence-corrected chi connectivity index (χ3v) is 8.73. The number of sulfonamides is 2. The van der Waals surface area contributed by atoms with Crippen LogP contribution in [0.3, 0.4) is 0 Å². The number of amides is 1. The van der Waals surface area contributed by atoms with Crippen LogP contribution in [0.2, 0.25) is 0 Å². The Hall–Kier alpha value is -2.31. The average Bonchev–Trinajstić information content (AvgIpc) is 2.79. The van der Waals surface area contributed by atoms with Crippen molar-refractivity contribution in [3.05, 3.63) is 54.1 Å². The van der Waals surface area contributed by atoms with Crippen molar-refractivity contribution in [3.8, 4) is 0 Å². The Morgan fingerprint density at radius 1 is 0.968 bits per heavy atom. The van der Waals surface area contributed by atoms with Crippen LogP contribution >= 0.6 is 0 Å². The van der Waals surface area contributed by atoms with Gasteiger partial charge in [-0.15, -0.1) is 0 Å². The van der Waals surface area contributed by atoms with Gasteiger partial charge < -0.3 is 5.32 Å². The lowest BCUT2D eigenvalue weighted by atomic mass is 10.2. The van der Waals surface area contributed by atoms with Gasteiger partial charge in [0, 0.05) is 25.7 Å². The number of hydrogen-bond donors (Lipinski definition) is 1. The molecule has 1 fully saturated rings. The summed E-state index contributed by atoms with van der Waals surface area (Å²) >= 11 is 0. The van der Waals surface area contributed by atoms with Crippen molar-refractivity contribution in [2.75, 3.05) is 32.6 Å². The van der Waals surface area contributed by atoms with Crippen LogP contribution in [0.4, 0.5) is 5.69 Å². The number of hydroxylamine groups is 1. The third kappa shape index (κ3) is 4.96. The third-order valence-electron chi connectivity index (χ3n) is 5.08. The van der Waals surface area contributed by atoms with Crippen LogP contribution in [0.25, 0.3) is 0 Å². The number of carbonyl (C=O) groups is 1. The maximum Gasteiger partial charge on any atom is 0.264 e. The van der Waals surface area contributed by atoms with Crippen LogP contribution in [-0.4, -0.2) is 58.8 Å². The summed E-state index contributed by atoms with van der Waals surface area (Å²) in [5.41, 5.74) is 0.359. The van der Waals surface area contributed by atoms with E-state index >= 15 is 0 Å². The number of nitrogens with one attached hydrogen (secondary N) is 1. The van der Waals surface area contributed by atoms with Crippen molar-refractivity contribution in [1.29, 1.82) is 0 Å². The van der Waals surface area contributed by atoms with Gasteiger partial charge in [-0.2, -0.15) is 4.31 Å². The highest BCUT2D eigenvalue weighted by Crippen LogP contribution is 2.27. The van der Waals surface area contributed by atoms with E-state index < -0.39 is 26.0 Å².